The molecule has 1 unspecified atom stereocenters. The molecule has 1 atom stereocenters. The van der Waals surface area contributed by atoms with Gasteiger partial charge in [0.2, 0.25) is 0 Å². The van der Waals surface area contributed by atoms with E-state index < -0.39 is 5.97 Å². The van der Waals surface area contributed by atoms with Crippen LogP contribution in [0.3, 0.4) is 0 Å². The van der Waals surface area contributed by atoms with Gasteiger partial charge in [0.05, 0.1) is 11.6 Å². The molecule has 0 amide bonds. The fourth-order valence-electron chi connectivity index (χ4n) is 2.79. The molecule has 2 heterocycles. The van der Waals surface area contributed by atoms with Crippen molar-refractivity contribution in [2.24, 2.45) is 5.92 Å². The molecule has 0 aliphatic carbocycles. The minimum atomic E-state index is -0.709. The highest BCUT2D eigenvalue weighted by molar-refractivity contribution is 5.70. The van der Waals surface area contributed by atoms with E-state index in [0.717, 1.165) is 24.5 Å². The van der Waals surface area contributed by atoms with Crippen molar-refractivity contribution in [1.82, 2.24) is 9.55 Å². The molecule has 2 aromatic rings. The first kappa shape index (κ1) is 12.9. The van der Waals surface area contributed by atoms with Gasteiger partial charge in [0.15, 0.2) is 0 Å². The molecule has 0 spiro atoms. The van der Waals surface area contributed by atoms with E-state index in [2.05, 4.69) is 34.8 Å². The first-order chi connectivity index (χ1) is 9.63. The predicted octanol–water partition coefficient (Wildman–Crippen LogP) is 2.43. The molecular weight excluding hydrogens is 252 g/mol. The molecule has 0 fully saturated rings. The summed E-state index contributed by atoms with van der Waals surface area (Å²) in [4.78, 5) is 15.7. The highest BCUT2D eigenvalue weighted by Crippen LogP contribution is 2.22. The second kappa shape index (κ2) is 5.12. The molecule has 0 saturated carbocycles. The molecule has 20 heavy (non-hydrogen) atoms. The van der Waals surface area contributed by atoms with Crippen LogP contribution in [0.25, 0.3) is 0 Å². The number of hydrogen-bond acceptors (Lipinski definition) is 2. The number of benzene rings is 1. The van der Waals surface area contributed by atoms with Gasteiger partial charge in [-0.25, -0.2) is 4.98 Å². The molecule has 1 aromatic heterocycles. The van der Waals surface area contributed by atoms with E-state index >= 15 is 0 Å². The van der Waals surface area contributed by atoms with Crippen LogP contribution in [0.5, 0.6) is 0 Å². The standard InChI is InChI=1S/C16H18N2O2/c1-11-4-2-3-5-12(11)8-14-10-18-7-6-13(16(19)20)9-15(18)17-14/h2-5,10,13H,6-9H2,1H3,(H,19,20). The second-order valence-corrected chi connectivity index (χ2v) is 5.47. The van der Waals surface area contributed by atoms with Crippen LogP contribution in [0.4, 0.5) is 0 Å². The SMILES string of the molecule is Cc1ccccc1Cc1cn2c(n1)CC(C(=O)O)CC2. The highest BCUT2D eigenvalue weighted by atomic mass is 16.4. The Morgan fingerprint density at radius 2 is 2.25 bits per heavy atom. The van der Waals surface area contributed by atoms with Gasteiger partial charge in [-0.3, -0.25) is 4.79 Å². The maximum atomic E-state index is 11.1. The molecule has 0 radical (unpaired) electrons. The van der Waals surface area contributed by atoms with Crippen LogP contribution in [0, 0.1) is 12.8 Å². The molecule has 1 aromatic carbocycles. The number of aromatic nitrogens is 2. The van der Waals surface area contributed by atoms with Crippen LogP contribution in [-0.4, -0.2) is 20.6 Å². The molecule has 3 rings (SSSR count). The summed E-state index contributed by atoms with van der Waals surface area (Å²) in [5.41, 5.74) is 3.57. The van der Waals surface area contributed by atoms with E-state index in [1.807, 2.05) is 12.1 Å². The van der Waals surface area contributed by atoms with E-state index in [1.165, 1.54) is 11.1 Å². The first-order valence-corrected chi connectivity index (χ1v) is 6.95. The molecule has 1 N–H and O–H groups in total. The summed E-state index contributed by atoms with van der Waals surface area (Å²) in [6.45, 7) is 2.86. The van der Waals surface area contributed by atoms with Gasteiger partial charge in [-0.1, -0.05) is 24.3 Å². The summed E-state index contributed by atoms with van der Waals surface area (Å²) in [6.07, 6.45) is 4.12. The minimum absolute atomic E-state index is 0.281. The lowest BCUT2D eigenvalue weighted by molar-refractivity contribution is -0.142. The third-order valence-corrected chi connectivity index (χ3v) is 4.04. The number of nitrogens with zero attached hydrogens (tertiary/aromatic N) is 2. The third kappa shape index (κ3) is 2.46. The van der Waals surface area contributed by atoms with Gasteiger partial charge < -0.3 is 9.67 Å². The molecule has 4 nitrogen and oxygen atoms in total. The Hall–Kier alpha value is -2.10. The fourth-order valence-corrected chi connectivity index (χ4v) is 2.79. The maximum absolute atomic E-state index is 11.1. The molecule has 104 valence electrons. The van der Waals surface area contributed by atoms with Gasteiger partial charge in [0, 0.05) is 25.6 Å². The Balaban J connectivity index is 1.81. The summed E-state index contributed by atoms with van der Waals surface area (Å²) in [7, 11) is 0. The Bertz CT molecular complexity index is 646. The number of aliphatic carboxylic acids is 1. The third-order valence-electron chi connectivity index (χ3n) is 4.04. The normalized spacial score (nSPS) is 17.8. The average molecular weight is 270 g/mol. The number of carboxylic acid groups (broad SMARTS) is 1. The molecule has 0 bridgehead atoms. The topological polar surface area (TPSA) is 55.1 Å². The van der Waals surface area contributed by atoms with Gasteiger partial charge in [-0.05, 0) is 24.5 Å². The van der Waals surface area contributed by atoms with E-state index in [1.54, 1.807) is 0 Å². The van der Waals surface area contributed by atoms with E-state index in [0.29, 0.717) is 12.8 Å². The van der Waals surface area contributed by atoms with Gasteiger partial charge >= 0.3 is 5.97 Å². The number of aryl methyl sites for hydroxylation is 2. The van der Waals surface area contributed by atoms with Crippen molar-refractivity contribution >= 4 is 5.97 Å². The number of rotatable bonds is 3. The van der Waals surface area contributed by atoms with Gasteiger partial charge in [-0.15, -0.1) is 0 Å². The summed E-state index contributed by atoms with van der Waals surface area (Å²) in [6, 6.07) is 8.30. The van der Waals surface area contributed by atoms with Gasteiger partial charge in [0.1, 0.15) is 5.82 Å². The molecule has 4 heteroatoms. The fraction of sp³-hybridized carbons (Fsp3) is 0.375. The Kier molecular flexibility index (Phi) is 3.30. The predicted molar refractivity (Wildman–Crippen MR) is 75.7 cm³/mol. The number of imidazole rings is 1. The largest absolute Gasteiger partial charge is 0.481 e. The van der Waals surface area contributed by atoms with Crippen molar-refractivity contribution in [2.45, 2.75) is 32.7 Å². The summed E-state index contributed by atoms with van der Waals surface area (Å²) < 4.78 is 2.10. The molecular formula is C16H18N2O2. The quantitative estimate of drug-likeness (QED) is 0.932. The zero-order valence-corrected chi connectivity index (χ0v) is 11.5. The van der Waals surface area contributed by atoms with Crippen LogP contribution in [0.1, 0.15) is 29.1 Å². The summed E-state index contributed by atoms with van der Waals surface area (Å²) in [5, 5.41) is 9.11. The summed E-state index contributed by atoms with van der Waals surface area (Å²) in [5.74, 6) is -0.0804. The van der Waals surface area contributed by atoms with Crippen molar-refractivity contribution in [2.75, 3.05) is 0 Å². The Morgan fingerprint density at radius 1 is 1.45 bits per heavy atom. The van der Waals surface area contributed by atoms with E-state index in [4.69, 9.17) is 5.11 Å². The van der Waals surface area contributed by atoms with Crippen LogP contribution >= 0.6 is 0 Å². The monoisotopic (exact) mass is 270 g/mol. The van der Waals surface area contributed by atoms with Crippen molar-refractivity contribution in [1.29, 1.82) is 0 Å². The van der Waals surface area contributed by atoms with Crippen LogP contribution in [0.15, 0.2) is 30.5 Å². The van der Waals surface area contributed by atoms with Crippen LogP contribution in [0.2, 0.25) is 0 Å². The summed E-state index contributed by atoms with van der Waals surface area (Å²) >= 11 is 0. The zero-order valence-electron chi connectivity index (χ0n) is 11.5. The highest BCUT2D eigenvalue weighted by Gasteiger charge is 2.25. The van der Waals surface area contributed by atoms with Crippen LogP contribution < -0.4 is 0 Å². The smallest absolute Gasteiger partial charge is 0.307 e. The van der Waals surface area contributed by atoms with Crippen molar-refractivity contribution in [3.05, 3.63) is 53.1 Å². The van der Waals surface area contributed by atoms with Crippen LogP contribution in [-0.2, 0) is 24.2 Å². The van der Waals surface area contributed by atoms with Gasteiger partial charge in [-0.2, -0.15) is 0 Å². The lowest BCUT2D eigenvalue weighted by Crippen LogP contribution is -2.25. The van der Waals surface area contributed by atoms with Crippen molar-refractivity contribution in [3.63, 3.8) is 0 Å². The Morgan fingerprint density at radius 3 is 3.00 bits per heavy atom. The Labute approximate surface area is 118 Å². The number of carbonyl (C=O) groups is 1. The molecule has 0 saturated heterocycles. The number of carboxylic acids is 1. The lowest BCUT2D eigenvalue weighted by atomic mass is 9.98. The van der Waals surface area contributed by atoms with Gasteiger partial charge in [0.25, 0.3) is 0 Å². The van der Waals surface area contributed by atoms with E-state index in [-0.39, 0.29) is 5.92 Å². The lowest BCUT2D eigenvalue weighted by Gasteiger charge is -2.19. The number of hydrogen-bond donors (Lipinski definition) is 1. The number of fused-ring (bicyclic) bond motifs is 1. The molecule has 1 aliphatic rings. The average Bonchev–Trinajstić information content (AvgIpc) is 2.82. The minimum Gasteiger partial charge on any atom is -0.481 e. The van der Waals surface area contributed by atoms with E-state index in [9.17, 15) is 4.79 Å². The second-order valence-electron chi connectivity index (χ2n) is 5.47. The van der Waals surface area contributed by atoms with Crippen molar-refractivity contribution < 1.29 is 9.90 Å². The maximum Gasteiger partial charge on any atom is 0.307 e. The zero-order chi connectivity index (χ0) is 14.1. The first-order valence-electron chi connectivity index (χ1n) is 6.95. The van der Waals surface area contributed by atoms with Crippen molar-refractivity contribution in [3.8, 4) is 0 Å². The molecule has 1 aliphatic heterocycles.